The fourth-order valence-electron chi connectivity index (χ4n) is 5.25. The Morgan fingerprint density at radius 3 is 1.86 bits per heavy atom. The second-order valence-electron chi connectivity index (χ2n) is 11.6. The highest BCUT2D eigenvalue weighted by Crippen LogP contribution is 2.28. The number of alkyl halides is 2. The maximum absolute atomic E-state index is 13.0. The molecule has 0 spiro atoms. The highest BCUT2D eigenvalue weighted by Gasteiger charge is 2.30. The quantitative estimate of drug-likeness (QED) is 0.0420. The van der Waals surface area contributed by atoms with Crippen molar-refractivity contribution >= 4 is 40.8 Å². The van der Waals surface area contributed by atoms with E-state index in [1.54, 1.807) is 36.4 Å². The molecule has 44 heavy (non-hydrogen) atoms. The van der Waals surface area contributed by atoms with E-state index in [1.807, 2.05) is 5.94 Å². The van der Waals surface area contributed by atoms with Crippen LogP contribution in [0.5, 0.6) is 5.75 Å². The Bertz CT molecular complexity index is 1110. The van der Waals surface area contributed by atoms with Crippen molar-refractivity contribution in [3.05, 3.63) is 59.0 Å². The molecular formula is C36H51Cl2NO5. The number of unbranched alkanes of at least 4 members (excludes halogenated alkanes) is 12. The molecule has 2 atom stereocenters. The third-order valence-electron chi connectivity index (χ3n) is 7.92. The van der Waals surface area contributed by atoms with E-state index in [9.17, 15) is 14.4 Å². The van der Waals surface area contributed by atoms with E-state index >= 15 is 0 Å². The van der Waals surface area contributed by atoms with Gasteiger partial charge in [0.25, 0.3) is 0 Å². The van der Waals surface area contributed by atoms with Gasteiger partial charge in [-0.05, 0) is 56.0 Å². The van der Waals surface area contributed by atoms with Gasteiger partial charge in [0.15, 0.2) is 11.2 Å². The van der Waals surface area contributed by atoms with Gasteiger partial charge in [-0.15, -0.1) is 23.2 Å². The number of rotatable bonds is 23. The lowest BCUT2D eigenvalue weighted by atomic mass is 10.0. The standard InChI is InChI=1S/C36H51Cl2NO5/c1-4-6-8-10-12-14-16-18-30(19-17-15-13-11-9-7-5-2)44-31-24-28(26-40)33(37)32(25-31)39-36(42)34(38)35(41)27-20-22-29(43-3)23-21-27/h20-25,30,33-34H,4-19H2,1-3H3,(H,39,42). The zero-order valence-electron chi connectivity index (χ0n) is 26.8. The van der Waals surface area contributed by atoms with Crippen LogP contribution in [0.15, 0.2) is 53.4 Å². The number of carbonyl (C=O) groups is 2. The van der Waals surface area contributed by atoms with E-state index in [2.05, 4.69) is 19.2 Å². The van der Waals surface area contributed by atoms with Crippen LogP contribution in [0.25, 0.3) is 0 Å². The Labute approximate surface area is 274 Å². The van der Waals surface area contributed by atoms with Crippen LogP contribution in [0.4, 0.5) is 0 Å². The molecule has 1 amide bonds. The number of hydrogen-bond acceptors (Lipinski definition) is 5. The minimum absolute atomic E-state index is 0.0158. The largest absolute Gasteiger partial charge is 0.497 e. The third-order valence-corrected chi connectivity index (χ3v) is 8.79. The molecule has 0 bridgehead atoms. The van der Waals surface area contributed by atoms with Gasteiger partial charge >= 0.3 is 0 Å². The van der Waals surface area contributed by atoms with Crippen molar-refractivity contribution in [3.8, 4) is 5.75 Å². The molecule has 0 heterocycles. The molecule has 244 valence electrons. The molecule has 0 saturated heterocycles. The SMILES string of the molecule is CCCCCCCCCC(CCCCCCCCC)OC1=CC(=C=O)C(Cl)C(NC(=O)C(Cl)C(=O)c2ccc(OC)cc2)=C1. The fourth-order valence-corrected chi connectivity index (χ4v) is 5.66. The Kier molecular flexibility index (Phi) is 18.9. The van der Waals surface area contributed by atoms with Crippen LogP contribution in [-0.4, -0.2) is 41.6 Å². The predicted octanol–water partition coefficient (Wildman–Crippen LogP) is 9.41. The number of ether oxygens (including phenoxy) is 2. The average molecular weight is 649 g/mol. The van der Waals surface area contributed by atoms with E-state index in [0.717, 1.165) is 25.7 Å². The van der Waals surface area contributed by atoms with E-state index in [-0.39, 0.29) is 22.9 Å². The van der Waals surface area contributed by atoms with E-state index in [0.29, 0.717) is 11.5 Å². The van der Waals surface area contributed by atoms with Crippen LogP contribution >= 0.6 is 23.2 Å². The summed E-state index contributed by atoms with van der Waals surface area (Å²) in [6.07, 6.45) is 22.1. The van der Waals surface area contributed by atoms with Gasteiger partial charge in [-0.1, -0.05) is 90.9 Å². The van der Waals surface area contributed by atoms with Crippen LogP contribution in [0.3, 0.4) is 0 Å². The van der Waals surface area contributed by atoms with Crippen molar-refractivity contribution in [3.63, 3.8) is 0 Å². The lowest BCUT2D eigenvalue weighted by Gasteiger charge is -2.25. The zero-order chi connectivity index (χ0) is 32.2. The topological polar surface area (TPSA) is 81.7 Å². The monoisotopic (exact) mass is 647 g/mol. The average Bonchev–Trinajstić information content (AvgIpc) is 3.04. The number of benzene rings is 1. The first-order valence-corrected chi connectivity index (χ1v) is 17.3. The molecule has 1 aromatic rings. The third kappa shape index (κ3) is 13.6. The summed E-state index contributed by atoms with van der Waals surface area (Å²) in [6.45, 7) is 4.45. The summed E-state index contributed by atoms with van der Waals surface area (Å²) in [4.78, 5) is 37.6. The molecule has 1 aliphatic rings. The Hall–Kier alpha value is -2.53. The summed E-state index contributed by atoms with van der Waals surface area (Å²) < 4.78 is 11.6. The van der Waals surface area contributed by atoms with Crippen molar-refractivity contribution in [2.75, 3.05) is 7.11 Å². The van der Waals surface area contributed by atoms with Gasteiger partial charge in [-0.2, -0.15) is 0 Å². The first-order chi connectivity index (χ1) is 21.3. The minimum atomic E-state index is -1.49. The van der Waals surface area contributed by atoms with Crippen LogP contribution in [-0.2, 0) is 14.3 Å². The second kappa shape index (κ2) is 22.1. The molecule has 2 rings (SSSR count). The van der Waals surface area contributed by atoms with Crippen molar-refractivity contribution < 1.29 is 23.9 Å². The van der Waals surface area contributed by atoms with Gasteiger partial charge in [0.1, 0.15) is 22.8 Å². The molecule has 0 aliphatic heterocycles. The molecule has 0 saturated carbocycles. The number of Topliss-reactive ketones (excluding diaryl/α,β-unsaturated/α-hetero) is 1. The maximum atomic E-state index is 13.0. The zero-order valence-corrected chi connectivity index (χ0v) is 28.3. The van der Waals surface area contributed by atoms with Crippen LogP contribution < -0.4 is 10.1 Å². The molecule has 0 aromatic heterocycles. The minimum Gasteiger partial charge on any atom is -0.497 e. The Balaban J connectivity index is 2.06. The summed E-state index contributed by atoms with van der Waals surface area (Å²) >= 11 is 12.8. The molecule has 1 aromatic carbocycles. The summed E-state index contributed by atoms with van der Waals surface area (Å²) in [5, 5.41) is 0.213. The second-order valence-corrected chi connectivity index (χ2v) is 12.4. The number of ketones is 1. The number of allylic oxidation sites excluding steroid dienone is 3. The van der Waals surface area contributed by atoms with Crippen molar-refractivity contribution in [1.82, 2.24) is 5.32 Å². The fraction of sp³-hybridized carbons (Fsp3) is 0.611. The van der Waals surface area contributed by atoms with Crippen LogP contribution in [0.1, 0.15) is 127 Å². The number of halogens is 2. The van der Waals surface area contributed by atoms with Gasteiger partial charge in [-0.3, -0.25) is 9.59 Å². The molecule has 0 fully saturated rings. The summed E-state index contributed by atoms with van der Waals surface area (Å²) in [5.41, 5.74) is 0.654. The molecule has 2 unspecified atom stereocenters. The van der Waals surface area contributed by atoms with Crippen molar-refractivity contribution in [1.29, 1.82) is 0 Å². The highest BCUT2D eigenvalue weighted by atomic mass is 35.5. The first kappa shape index (κ1) is 37.7. The summed E-state index contributed by atoms with van der Waals surface area (Å²) in [6, 6.07) is 6.34. The number of nitrogens with one attached hydrogen (secondary N) is 1. The number of amides is 1. The first-order valence-electron chi connectivity index (χ1n) is 16.5. The number of methoxy groups -OCH3 is 1. The molecule has 1 aliphatic carbocycles. The van der Waals surface area contributed by atoms with Gasteiger partial charge in [0, 0.05) is 17.3 Å². The molecule has 0 radical (unpaired) electrons. The van der Waals surface area contributed by atoms with Gasteiger partial charge < -0.3 is 14.8 Å². The van der Waals surface area contributed by atoms with E-state index < -0.39 is 22.4 Å². The lowest BCUT2D eigenvalue weighted by molar-refractivity contribution is -0.119. The molecule has 6 nitrogen and oxygen atoms in total. The van der Waals surface area contributed by atoms with Gasteiger partial charge in [0.2, 0.25) is 5.91 Å². The van der Waals surface area contributed by atoms with Gasteiger partial charge in [-0.25, -0.2) is 4.79 Å². The van der Waals surface area contributed by atoms with Crippen LogP contribution in [0.2, 0.25) is 0 Å². The maximum Gasteiger partial charge on any atom is 0.250 e. The van der Waals surface area contributed by atoms with E-state index in [4.69, 9.17) is 32.7 Å². The smallest absolute Gasteiger partial charge is 0.250 e. The van der Waals surface area contributed by atoms with Crippen LogP contribution in [0, 0.1) is 0 Å². The molecular weight excluding hydrogens is 597 g/mol. The summed E-state index contributed by atoms with van der Waals surface area (Å²) in [5.74, 6) is 1.61. The lowest BCUT2D eigenvalue weighted by Crippen LogP contribution is -2.39. The Morgan fingerprint density at radius 2 is 1.36 bits per heavy atom. The normalized spacial score (nSPS) is 15.3. The highest BCUT2D eigenvalue weighted by molar-refractivity contribution is 6.44. The molecule has 8 heteroatoms. The number of carbonyl (C=O) groups excluding carboxylic acids is 3. The van der Waals surface area contributed by atoms with E-state index in [1.165, 1.54) is 84.2 Å². The van der Waals surface area contributed by atoms with Crippen molar-refractivity contribution in [2.24, 2.45) is 0 Å². The molecule has 1 N–H and O–H groups in total. The summed E-state index contributed by atoms with van der Waals surface area (Å²) in [7, 11) is 1.52. The van der Waals surface area contributed by atoms with Crippen molar-refractivity contribution in [2.45, 2.75) is 133 Å². The predicted molar refractivity (Wildman–Crippen MR) is 180 cm³/mol. The van der Waals surface area contributed by atoms with Gasteiger partial charge in [0.05, 0.1) is 18.8 Å². The Morgan fingerprint density at radius 1 is 0.841 bits per heavy atom. The number of hydrogen-bond donors (Lipinski definition) is 1.